The Balaban J connectivity index is 1.95. The van der Waals surface area contributed by atoms with Gasteiger partial charge in [-0.25, -0.2) is 4.98 Å². The molecule has 2 heterocycles. The van der Waals surface area contributed by atoms with Gasteiger partial charge in [-0.3, -0.25) is 0 Å². The average Bonchev–Trinajstić information content (AvgIpc) is 2.98. The minimum atomic E-state index is 0.752. The van der Waals surface area contributed by atoms with Crippen LogP contribution in [0.25, 0.3) is 11.2 Å². The molecule has 1 aromatic carbocycles. The maximum Gasteiger partial charge on any atom is 0.244 e. The van der Waals surface area contributed by atoms with Gasteiger partial charge in [0.2, 0.25) is 5.71 Å². The lowest BCUT2D eigenvalue weighted by molar-refractivity contribution is 0.498. The van der Waals surface area contributed by atoms with Crippen LogP contribution in [0.15, 0.2) is 39.8 Å². The molecule has 0 unspecified atom stereocenters. The molecule has 0 atom stereocenters. The molecule has 1 aliphatic carbocycles. The van der Waals surface area contributed by atoms with E-state index in [0.29, 0.717) is 0 Å². The second kappa shape index (κ2) is 6.73. The van der Waals surface area contributed by atoms with Crippen LogP contribution in [0.3, 0.4) is 0 Å². The zero-order chi connectivity index (χ0) is 16.5. The number of nitrogens with zero attached hydrogens (tertiary/aromatic N) is 2. The van der Waals surface area contributed by atoms with Gasteiger partial charge in [0.15, 0.2) is 0 Å². The van der Waals surface area contributed by atoms with Gasteiger partial charge < -0.3 is 8.98 Å². The molecule has 0 N–H and O–H groups in total. The second-order valence-electron chi connectivity index (χ2n) is 6.09. The highest BCUT2D eigenvalue weighted by atomic mass is 32.2. The van der Waals surface area contributed by atoms with E-state index in [9.17, 15) is 0 Å². The first kappa shape index (κ1) is 15.9. The van der Waals surface area contributed by atoms with E-state index in [2.05, 4.69) is 35.8 Å². The van der Waals surface area contributed by atoms with Crippen molar-refractivity contribution < 1.29 is 4.42 Å². The van der Waals surface area contributed by atoms with Crippen molar-refractivity contribution in [3.63, 3.8) is 0 Å². The van der Waals surface area contributed by atoms with E-state index in [1.807, 2.05) is 6.07 Å². The number of hydrogen-bond acceptors (Lipinski definition) is 4. The Kier molecular flexibility index (Phi) is 4.46. The minimum Gasteiger partial charge on any atom is -0.441 e. The summed E-state index contributed by atoms with van der Waals surface area (Å²) in [6.07, 6.45) is 4.49. The van der Waals surface area contributed by atoms with E-state index in [1.165, 1.54) is 24.0 Å². The second-order valence-corrected chi connectivity index (χ2v) is 7.73. The smallest absolute Gasteiger partial charge is 0.244 e. The van der Waals surface area contributed by atoms with Crippen LogP contribution in [-0.2, 0) is 19.4 Å². The molecular formula is C19H20N2OS2. The van der Waals surface area contributed by atoms with Gasteiger partial charge in [-0.05, 0) is 30.6 Å². The number of hydrogen-bond donors (Lipinski definition) is 0. The largest absolute Gasteiger partial charge is 0.441 e. The minimum absolute atomic E-state index is 0.752. The average molecular weight is 357 g/mol. The van der Waals surface area contributed by atoms with Gasteiger partial charge in [-0.1, -0.05) is 49.5 Å². The SMILES string of the molecule is CCSc1nc2oc3c(c2n(Cc2ccccc2)c1=S)CCCC3. The first-order chi connectivity index (χ1) is 11.8. The normalized spacial score (nSPS) is 14.0. The van der Waals surface area contributed by atoms with Gasteiger partial charge in [-0.15, -0.1) is 11.8 Å². The molecule has 0 saturated carbocycles. The summed E-state index contributed by atoms with van der Waals surface area (Å²) in [7, 11) is 0. The number of benzene rings is 1. The standard InChI is InChI=1S/C19H20N2OS2/c1-2-24-18-19(23)21(12-13-8-4-3-5-9-13)16-14-10-6-7-11-15(14)22-17(16)20-18/h3-5,8-9H,2,6-7,10-12H2,1H3. The fraction of sp³-hybridized carbons (Fsp3) is 0.368. The number of thioether (sulfide) groups is 1. The zero-order valence-electron chi connectivity index (χ0n) is 13.7. The van der Waals surface area contributed by atoms with Crippen LogP contribution < -0.4 is 0 Å². The molecule has 0 spiro atoms. The first-order valence-corrected chi connectivity index (χ1v) is 9.89. The van der Waals surface area contributed by atoms with Crippen molar-refractivity contribution in [3.05, 3.63) is 51.9 Å². The van der Waals surface area contributed by atoms with Crippen molar-refractivity contribution in [1.29, 1.82) is 0 Å². The summed E-state index contributed by atoms with van der Waals surface area (Å²) >= 11 is 7.48. The van der Waals surface area contributed by atoms with Crippen LogP contribution in [0, 0.1) is 4.64 Å². The third kappa shape index (κ3) is 2.80. The van der Waals surface area contributed by atoms with Crippen molar-refractivity contribution in [2.24, 2.45) is 0 Å². The molecule has 24 heavy (non-hydrogen) atoms. The fourth-order valence-corrected chi connectivity index (χ4v) is 4.43. The van der Waals surface area contributed by atoms with Crippen LogP contribution >= 0.6 is 24.0 Å². The molecule has 2 aromatic heterocycles. The van der Waals surface area contributed by atoms with Gasteiger partial charge in [0.1, 0.15) is 20.9 Å². The Labute approximate surface area is 151 Å². The molecule has 0 saturated heterocycles. The topological polar surface area (TPSA) is 31.0 Å². The summed E-state index contributed by atoms with van der Waals surface area (Å²) < 4.78 is 9.18. The number of rotatable bonds is 4. The summed E-state index contributed by atoms with van der Waals surface area (Å²) in [6.45, 7) is 2.89. The fourth-order valence-electron chi connectivity index (χ4n) is 3.39. The van der Waals surface area contributed by atoms with E-state index in [0.717, 1.165) is 51.8 Å². The van der Waals surface area contributed by atoms with E-state index in [-0.39, 0.29) is 0 Å². The quantitative estimate of drug-likeness (QED) is 0.463. The first-order valence-electron chi connectivity index (χ1n) is 8.49. The molecule has 3 aromatic rings. The number of furan rings is 1. The Bertz CT molecular complexity index is 928. The van der Waals surface area contributed by atoms with Gasteiger partial charge in [0.05, 0.1) is 0 Å². The van der Waals surface area contributed by atoms with Gasteiger partial charge in [-0.2, -0.15) is 0 Å². The molecule has 0 bridgehead atoms. The van der Waals surface area contributed by atoms with E-state index in [4.69, 9.17) is 21.6 Å². The predicted molar refractivity (Wildman–Crippen MR) is 101 cm³/mol. The third-order valence-corrected chi connectivity index (χ3v) is 5.88. The monoisotopic (exact) mass is 356 g/mol. The molecular weight excluding hydrogens is 336 g/mol. The highest BCUT2D eigenvalue weighted by Crippen LogP contribution is 2.33. The van der Waals surface area contributed by atoms with Crippen molar-refractivity contribution >= 4 is 35.2 Å². The Morgan fingerprint density at radius 3 is 2.79 bits per heavy atom. The number of aromatic nitrogens is 2. The predicted octanol–water partition coefficient (Wildman–Crippen LogP) is 5.40. The van der Waals surface area contributed by atoms with Crippen molar-refractivity contribution in [2.75, 3.05) is 5.75 Å². The van der Waals surface area contributed by atoms with Crippen LogP contribution in [0.2, 0.25) is 0 Å². The molecule has 5 heteroatoms. The van der Waals surface area contributed by atoms with E-state index >= 15 is 0 Å². The third-order valence-electron chi connectivity index (χ3n) is 4.49. The molecule has 0 radical (unpaired) electrons. The van der Waals surface area contributed by atoms with Crippen molar-refractivity contribution in [2.45, 2.75) is 44.2 Å². The number of aryl methyl sites for hydroxylation is 2. The number of fused-ring (bicyclic) bond motifs is 3. The maximum absolute atomic E-state index is 6.12. The Hall–Kier alpha value is -1.59. The van der Waals surface area contributed by atoms with E-state index < -0.39 is 0 Å². The highest BCUT2D eigenvalue weighted by Gasteiger charge is 2.22. The lowest BCUT2D eigenvalue weighted by atomic mass is 9.98. The summed E-state index contributed by atoms with van der Waals surface area (Å²) in [5.74, 6) is 2.06. The van der Waals surface area contributed by atoms with E-state index in [1.54, 1.807) is 11.8 Å². The van der Waals surface area contributed by atoms with Gasteiger partial charge >= 0.3 is 0 Å². The van der Waals surface area contributed by atoms with Crippen LogP contribution in [0.4, 0.5) is 0 Å². The summed E-state index contributed by atoms with van der Waals surface area (Å²) in [5, 5.41) is 0.905. The lowest BCUT2D eigenvalue weighted by Gasteiger charge is -2.14. The van der Waals surface area contributed by atoms with Crippen molar-refractivity contribution in [3.8, 4) is 0 Å². The summed E-state index contributed by atoms with van der Waals surface area (Å²) in [4.78, 5) is 4.74. The molecule has 0 fully saturated rings. The lowest BCUT2D eigenvalue weighted by Crippen LogP contribution is -2.08. The summed E-state index contributed by atoms with van der Waals surface area (Å²) in [6, 6.07) is 10.5. The molecule has 124 valence electrons. The van der Waals surface area contributed by atoms with Crippen molar-refractivity contribution in [1.82, 2.24) is 9.55 Å². The molecule has 1 aliphatic rings. The molecule has 3 nitrogen and oxygen atoms in total. The van der Waals surface area contributed by atoms with Gasteiger partial charge in [0, 0.05) is 18.5 Å². The Morgan fingerprint density at radius 2 is 2.00 bits per heavy atom. The van der Waals surface area contributed by atoms with Crippen LogP contribution in [0.5, 0.6) is 0 Å². The maximum atomic E-state index is 6.12. The molecule has 0 aliphatic heterocycles. The Morgan fingerprint density at radius 1 is 1.21 bits per heavy atom. The van der Waals surface area contributed by atoms with Gasteiger partial charge in [0.25, 0.3) is 0 Å². The zero-order valence-corrected chi connectivity index (χ0v) is 15.4. The molecule has 4 rings (SSSR count). The highest BCUT2D eigenvalue weighted by molar-refractivity contribution is 7.99. The summed E-state index contributed by atoms with van der Waals surface area (Å²) in [5.41, 5.74) is 4.43. The molecule has 0 amide bonds. The van der Waals surface area contributed by atoms with Crippen LogP contribution in [-0.4, -0.2) is 15.3 Å². The van der Waals surface area contributed by atoms with Crippen LogP contribution in [0.1, 0.15) is 36.7 Å².